The average molecular weight is 233 g/mol. The molecule has 1 atom stereocenters. The fraction of sp³-hybridized carbons (Fsp3) is 0.636. The fourth-order valence-electron chi connectivity index (χ4n) is 2.12. The first-order chi connectivity index (χ1) is 8.20. The highest BCUT2D eigenvalue weighted by Gasteiger charge is 2.23. The van der Waals surface area contributed by atoms with Crippen LogP contribution in [0.25, 0.3) is 0 Å². The van der Waals surface area contributed by atoms with Gasteiger partial charge in [-0.15, -0.1) is 5.10 Å². The molecule has 1 aliphatic heterocycles. The van der Waals surface area contributed by atoms with Gasteiger partial charge in [0.15, 0.2) is 0 Å². The lowest BCUT2D eigenvalue weighted by molar-refractivity contribution is -0.135. The van der Waals surface area contributed by atoms with Gasteiger partial charge in [0.05, 0.1) is 0 Å². The molecule has 0 bridgehead atoms. The molecule has 1 fully saturated rings. The van der Waals surface area contributed by atoms with Crippen molar-refractivity contribution in [3.63, 3.8) is 0 Å². The van der Waals surface area contributed by atoms with Crippen LogP contribution in [0.5, 0.6) is 0 Å². The molecular weight excluding hydrogens is 218 g/mol. The van der Waals surface area contributed by atoms with Gasteiger partial charge in [0.2, 0.25) is 5.91 Å². The third kappa shape index (κ3) is 2.61. The molecule has 1 aromatic rings. The van der Waals surface area contributed by atoms with Crippen molar-refractivity contribution in [2.24, 2.45) is 0 Å². The number of amides is 1. The quantitative estimate of drug-likeness (QED) is 0.747. The molecule has 0 unspecified atom stereocenters. The molecule has 1 aliphatic rings. The molecule has 1 aromatic heterocycles. The normalized spacial score (nSPS) is 20.0. The Morgan fingerprint density at radius 3 is 3.12 bits per heavy atom. The van der Waals surface area contributed by atoms with E-state index in [-0.39, 0.29) is 18.3 Å². The van der Waals surface area contributed by atoms with Gasteiger partial charge in [-0.1, -0.05) is 0 Å². The van der Waals surface area contributed by atoms with E-state index >= 15 is 0 Å². The van der Waals surface area contributed by atoms with Gasteiger partial charge in [0, 0.05) is 12.6 Å². The predicted octanol–water partition coefficient (Wildman–Crippen LogP) is 0.551. The molecule has 0 radical (unpaired) electrons. The first kappa shape index (κ1) is 11.6. The summed E-state index contributed by atoms with van der Waals surface area (Å²) in [6.45, 7) is 3.05. The Labute approximate surface area is 99.9 Å². The Morgan fingerprint density at radius 2 is 2.47 bits per heavy atom. The number of nitrogens with zero attached hydrogens (tertiary/aromatic N) is 5. The Kier molecular flexibility index (Phi) is 3.38. The second-order valence-corrected chi connectivity index (χ2v) is 4.31. The number of likely N-dealkylation sites (tertiary alicyclic amines) is 1. The van der Waals surface area contributed by atoms with Crippen LogP contribution >= 0.6 is 0 Å². The van der Waals surface area contributed by atoms with Crippen molar-refractivity contribution < 1.29 is 4.79 Å². The van der Waals surface area contributed by atoms with Gasteiger partial charge >= 0.3 is 0 Å². The SMILES string of the molecule is C[C@H]1CCCCN1C(=O)Cn1cnc(C#N)n1. The van der Waals surface area contributed by atoms with Crippen molar-refractivity contribution in [2.75, 3.05) is 6.54 Å². The van der Waals surface area contributed by atoms with E-state index in [1.807, 2.05) is 11.0 Å². The minimum atomic E-state index is 0.0478. The van der Waals surface area contributed by atoms with Gasteiger partial charge in [-0.3, -0.25) is 4.79 Å². The van der Waals surface area contributed by atoms with Crippen LogP contribution in [0.15, 0.2) is 6.33 Å². The predicted molar refractivity (Wildman–Crippen MR) is 59.8 cm³/mol. The van der Waals surface area contributed by atoms with Crippen molar-refractivity contribution in [3.8, 4) is 6.07 Å². The van der Waals surface area contributed by atoms with Crippen molar-refractivity contribution in [3.05, 3.63) is 12.2 Å². The van der Waals surface area contributed by atoms with Gasteiger partial charge in [0.25, 0.3) is 5.82 Å². The lowest BCUT2D eigenvalue weighted by atomic mass is 10.0. The van der Waals surface area contributed by atoms with Gasteiger partial charge in [0.1, 0.15) is 18.9 Å². The van der Waals surface area contributed by atoms with Gasteiger partial charge in [-0.2, -0.15) is 5.26 Å². The zero-order chi connectivity index (χ0) is 12.3. The summed E-state index contributed by atoms with van der Waals surface area (Å²) in [4.78, 5) is 17.7. The summed E-state index contributed by atoms with van der Waals surface area (Å²) in [7, 11) is 0. The second kappa shape index (κ2) is 4.95. The van der Waals surface area contributed by atoms with E-state index in [1.54, 1.807) is 0 Å². The molecule has 0 aromatic carbocycles. The zero-order valence-electron chi connectivity index (χ0n) is 9.83. The van der Waals surface area contributed by atoms with Crippen LogP contribution in [-0.2, 0) is 11.3 Å². The molecule has 6 heteroatoms. The van der Waals surface area contributed by atoms with E-state index < -0.39 is 0 Å². The Bertz CT molecular complexity index is 447. The number of carbonyl (C=O) groups excluding carboxylic acids is 1. The lowest BCUT2D eigenvalue weighted by Gasteiger charge is -2.33. The van der Waals surface area contributed by atoms with E-state index in [0.29, 0.717) is 6.04 Å². The standard InChI is InChI=1S/C11H15N5O/c1-9-4-2-3-5-16(9)11(17)7-15-8-13-10(6-12)14-15/h8-9H,2-5,7H2,1H3/t9-/m0/s1. The number of carbonyl (C=O) groups is 1. The molecule has 2 heterocycles. The molecule has 17 heavy (non-hydrogen) atoms. The van der Waals surface area contributed by atoms with Crippen molar-refractivity contribution in [2.45, 2.75) is 38.8 Å². The number of hydrogen-bond acceptors (Lipinski definition) is 4. The number of piperidine rings is 1. The van der Waals surface area contributed by atoms with Gasteiger partial charge < -0.3 is 4.90 Å². The Morgan fingerprint density at radius 1 is 1.65 bits per heavy atom. The van der Waals surface area contributed by atoms with E-state index in [2.05, 4.69) is 17.0 Å². The number of hydrogen-bond donors (Lipinski definition) is 0. The second-order valence-electron chi connectivity index (χ2n) is 4.31. The van der Waals surface area contributed by atoms with Crippen LogP contribution in [0.1, 0.15) is 32.0 Å². The number of nitriles is 1. The summed E-state index contributed by atoms with van der Waals surface area (Å²) in [6, 6.07) is 2.14. The molecule has 1 amide bonds. The maximum Gasteiger partial charge on any atom is 0.252 e. The van der Waals surface area contributed by atoms with E-state index in [1.165, 1.54) is 17.4 Å². The molecule has 90 valence electrons. The molecule has 2 rings (SSSR count). The smallest absolute Gasteiger partial charge is 0.252 e. The summed E-state index contributed by atoms with van der Waals surface area (Å²) in [5.74, 6) is 0.149. The largest absolute Gasteiger partial charge is 0.338 e. The van der Waals surface area contributed by atoms with Gasteiger partial charge in [-0.25, -0.2) is 9.67 Å². The lowest BCUT2D eigenvalue weighted by Crippen LogP contribution is -2.43. The van der Waals surface area contributed by atoms with E-state index in [4.69, 9.17) is 5.26 Å². The molecule has 0 saturated carbocycles. The first-order valence-electron chi connectivity index (χ1n) is 5.79. The van der Waals surface area contributed by atoms with Crippen molar-refractivity contribution in [1.82, 2.24) is 19.7 Å². The van der Waals surface area contributed by atoms with E-state index in [9.17, 15) is 4.79 Å². The molecule has 0 N–H and O–H groups in total. The highest BCUT2D eigenvalue weighted by Crippen LogP contribution is 2.16. The highest BCUT2D eigenvalue weighted by atomic mass is 16.2. The highest BCUT2D eigenvalue weighted by molar-refractivity contribution is 5.76. The maximum absolute atomic E-state index is 12.0. The van der Waals surface area contributed by atoms with Crippen LogP contribution in [0.2, 0.25) is 0 Å². The zero-order valence-corrected chi connectivity index (χ0v) is 9.83. The van der Waals surface area contributed by atoms with Crippen LogP contribution in [0.3, 0.4) is 0 Å². The van der Waals surface area contributed by atoms with E-state index in [0.717, 1.165) is 19.4 Å². The summed E-state index contributed by atoms with van der Waals surface area (Å²) in [5.41, 5.74) is 0. The first-order valence-corrected chi connectivity index (χ1v) is 5.79. The summed E-state index contributed by atoms with van der Waals surface area (Å²) in [5, 5.41) is 12.5. The number of aromatic nitrogens is 3. The third-order valence-electron chi connectivity index (χ3n) is 3.06. The third-order valence-corrected chi connectivity index (χ3v) is 3.06. The van der Waals surface area contributed by atoms with Crippen LogP contribution in [0.4, 0.5) is 0 Å². The van der Waals surface area contributed by atoms with Gasteiger partial charge in [-0.05, 0) is 26.2 Å². The monoisotopic (exact) mass is 233 g/mol. The van der Waals surface area contributed by atoms with Crippen LogP contribution in [0, 0.1) is 11.3 Å². The summed E-state index contributed by atoms with van der Waals surface area (Å²) < 4.78 is 1.42. The maximum atomic E-state index is 12.0. The minimum absolute atomic E-state index is 0.0478. The molecule has 1 saturated heterocycles. The van der Waals surface area contributed by atoms with Crippen LogP contribution < -0.4 is 0 Å². The fourth-order valence-corrected chi connectivity index (χ4v) is 2.12. The molecule has 6 nitrogen and oxygen atoms in total. The molecule has 0 aliphatic carbocycles. The van der Waals surface area contributed by atoms with Crippen LogP contribution in [-0.4, -0.2) is 38.2 Å². The van der Waals surface area contributed by atoms with Crippen molar-refractivity contribution in [1.29, 1.82) is 5.26 Å². The molecular formula is C11H15N5O. The van der Waals surface area contributed by atoms with Crippen molar-refractivity contribution >= 4 is 5.91 Å². The summed E-state index contributed by atoms with van der Waals surface area (Å²) >= 11 is 0. The minimum Gasteiger partial charge on any atom is -0.338 e. The molecule has 0 spiro atoms. The summed E-state index contributed by atoms with van der Waals surface area (Å²) in [6.07, 6.45) is 4.74. The average Bonchev–Trinajstić information content (AvgIpc) is 2.77. The topological polar surface area (TPSA) is 74.8 Å². The Hall–Kier alpha value is -1.90. The Balaban J connectivity index is 1.98. The number of rotatable bonds is 2.